The molecule has 1 rings (SSSR count). The van der Waals surface area contributed by atoms with E-state index >= 15 is 0 Å². The van der Waals surface area contributed by atoms with Crippen molar-refractivity contribution in [2.75, 3.05) is 19.8 Å². The van der Waals surface area contributed by atoms with E-state index in [0.717, 1.165) is 14.1 Å². The first kappa shape index (κ1) is 17.8. The fourth-order valence-corrected chi connectivity index (χ4v) is 17.4. The van der Waals surface area contributed by atoms with Crippen molar-refractivity contribution in [3.63, 3.8) is 0 Å². The van der Waals surface area contributed by atoms with Gasteiger partial charge in [0.1, 0.15) is 0 Å². The van der Waals surface area contributed by atoms with E-state index in [0.29, 0.717) is 19.8 Å². The molecule has 0 atom stereocenters. The van der Waals surface area contributed by atoms with Crippen molar-refractivity contribution in [3.05, 3.63) is 19.8 Å². The third-order valence-electron chi connectivity index (χ3n) is 2.94. The van der Waals surface area contributed by atoms with Gasteiger partial charge in [0.2, 0.25) is 0 Å². The van der Waals surface area contributed by atoms with Gasteiger partial charge >= 0.3 is 126 Å². The molecule has 0 fully saturated rings. The zero-order valence-electron chi connectivity index (χ0n) is 12.6. The Balaban J connectivity index is 3.22. The van der Waals surface area contributed by atoms with E-state index in [1.165, 1.54) is 0 Å². The van der Waals surface area contributed by atoms with Crippen LogP contribution >= 0.6 is 0 Å². The summed E-state index contributed by atoms with van der Waals surface area (Å²) in [6.45, 7) is 7.46. The van der Waals surface area contributed by atoms with Gasteiger partial charge in [-0.3, -0.25) is 0 Å². The van der Waals surface area contributed by atoms with E-state index in [9.17, 15) is 3.50 Å². The van der Waals surface area contributed by atoms with Crippen LogP contribution in [-0.4, -0.2) is 33.6 Å². The van der Waals surface area contributed by atoms with Gasteiger partial charge in [-0.1, -0.05) is 0 Å². The summed E-state index contributed by atoms with van der Waals surface area (Å²) < 4.78 is 34.3. The van der Waals surface area contributed by atoms with Gasteiger partial charge in [0.05, 0.1) is 0 Å². The number of hydrogen-bond donors (Lipinski definition) is 0. The van der Waals surface area contributed by atoms with Gasteiger partial charge in [0.25, 0.3) is 0 Å². The fourth-order valence-electron chi connectivity index (χ4n) is 2.31. The monoisotopic (exact) mass is 412 g/mol. The van der Waals surface area contributed by atoms with E-state index in [1.54, 1.807) is 11.5 Å². The Morgan fingerprint density at radius 1 is 1.11 bits per heavy atom. The SMILES string of the molecule is CC[O][Zr]([O]CC)([O]CC)[C]1=[C]([Ge]([CH3])([CH3])[F])C=CC1. The fraction of sp³-hybridized carbons (Fsp3) is 0.692. The molecular formula is C13H25FGeO3Zr. The standard InChI is InChI=1S/C7H10FGe.3C2H5O.Zr/c1-9(2,8)7-5-3-4-6-7;3*1-2-3;/h3,5H,4H2,1-2H3;3*2H2,1H3;/q;3*-1;+3. The molecule has 0 aliphatic heterocycles. The second kappa shape index (κ2) is 7.65. The molecule has 3 nitrogen and oxygen atoms in total. The molecule has 0 aromatic heterocycles. The Morgan fingerprint density at radius 3 is 1.95 bits per heavy atom. The summed E-state index contributed by atoms with van der Waals surface area (Å²) in [7, 11) is 0. The molecule has 0 amide bonds. The Morgan fingerprint density at radius 2 is 1.58 bits per heavy atom. The molecule has 0 unspecified atom stereocenters. The molecule has 0 radical (unpaired) electrons. The van der Waals surface area contributed by atoms with E-state index in [-0.39, 0.29) is 0 Å². The van der Waals surface area contributed by atoms with Crippen LogP contribution in [0.4, 0.5) is 3.50 Å². The van der Waals surface area contributed by atoms with Crippen molar-refractivity contribution < 1.29 is 33.5 Å². The molecule has 19 heavy (non-hydrogen) atoms. The van der Waals surface area contributed by atoms with Crippen molar-refractivity contribution in [2.24, 2.45) is 0 Å². The van der Waals surface area contributed by atoms with Crippen LogP contribution in [0.3, 0.4) is 0 Å². The van der Waals surface area contributed by atoms with Crippen LogP contribution in [-0.2, 0) is 30.0 Å². The van der Waals surface area contributed by atoms with Crippen LogP contribution in [0.25, 0.3) is 0 Å². The summed E-state index contributed by atoms with van der Waals surface area (Å²) in [5.74, 6) is 3.51. The van der Waals surface area contributed by atoms with E-state index in [2.05, 4.69) is 0 Å². The quantitative estimate of drug-likeness (QED) is 0.566. The van der Waals surface area contributed by atoms with Gasteiger partial charge in [-0.05, 0) is 0 Å². The molecule has 0 heterocycles. The number of halogens is 1. The zero-order valence-corrected chi connectivity index (χ0v) is 17.1. The minimum atomic E-state index is -3.78. The van der Waals surface area contributed by atoms with Gasteiger partial charge in [-0.2, -0.15) is 0 Å². The number of allylic oxidation sites excluding steroid dienone is 4. The van der Waals surface area contributed by atoms with Crippen molar-refractivity contribution in [1.29, 1.82) is 0 Å². The van der Waals surface area contributed by atoms with Gasteiger partial charge in [-0.15, -0.1) is 0 Å². The summed E-state index contributed by atoms with van der Waals surface area (Å²) >= 11 is -7.18. The molecule has 0 aromatic rings. The molecule has 6 heteroatoms. The normalized spacial score (nSPS) is 16.5. The molecule has 110 valence electrons. The van der Waals surface area contributed by atoms with Crippen molar-refractivity contribution in [2.45, 2.75) is 38.7 Å². The van der Waals surface area contributed by atoms with E-state index in [4.69, 9.17) is 8.44 Å². The van der Waals surface area contributed by atoms with Gasteiger partial charge in [-0.25, -0.2) is 0 Å². The number of rotatable bonds is 8. The first-order chi connectivity index (χ1) is 8.91. The zero-order chi connectivity index (χ0) is 14.5. The Kier molecular flexibility index (Phi) is 7.15. The van der Waals surface area contributed by atoms with Crippen LogP contribution < -0.4 is 0 Å². The first-order valence-corrected chi connectivity index (χ1v) is 17.2. The third-order valence-corrected chi connectivity index (χ3v) is 15.8. The maximum atomic E-state index is 14.5. The Hall–Kier alpha value is 0.716. The van der Waals surface area contributed by atoms with Crippen LogP contribution in [0.5, 0.6) is 0 Å². The molecule has 0 saturated carbocycles. The predicted octanol–water partition coefficient (Wildman–Crippen LogP) is 3.92. The molecule has 0 aromatic carbocycles. The average Bonchev–Trinajstić information content (AvgIpc) is 2.78. The van der Waals surface area contributed by atoms with Crippen LogP contribution in [0.15, 0.2) is 19.8 Å². The Labute approximate surface area is 125 Å². The molecule has 1 aliphatic rings. The molecule has 1 aliphatic carbocycles. The predicted molar refractivity (Wildman–Crippen MR) is 74.3 cm³/mol. The topological polar surface area (TPSA) is 27.7 Å². The Bertz CT molecular complexity index is 346. The summed E-state index contributed by atoms with van der Waals surface area (Å²) in [5.41, 5.74) is 0. The average molecular weight is 412 g/mol. The third kappa shape index (κ3) is 4.34. The first-order valence-electron chi connectivity index (χ1n) is 6.92. The van der Waals surface area contributed by atoms with Gasteiger partial charge < -0.3 is 0 Å². The van der Waals surface area contributed by atoms with Crippen molar-refractivity contribution in [1.82, 2.24) is 0 Å². The second-order valence-corrected chi connectivity index (χ2v) is 18.5. The van der Waals surface area contributed by atoms with Crippen LogP contribution in [0, 0.1) is 0 Å². The van der Waals surface area contributed by atoms with Crippen LogP contribution in [0.2, 0.25) is 11.5 Å². The molecule has 0 N–H and O–H groups in total. The van der Waals surface area contributed by atoms with E-state index in [1.807, 2.05) is 32.9 Å². The molecule has 0 bridgehead atoms. The number of hydrogen-bond acceptors (Lipinski definition) is 3. The maximum absolute atomic E-state index is 14.5. The summed E-state index contributed by atoms with van der Waals surface area (Å²) in [6, 6.07) is 0. The van der Waals surface area contributed by atoms with E-state index < -0.39 is 35.3 Å². The van der Waals surface area contributed by atoms with Crippen LogP contribution in [0.1, 0.15) is 27.2 Å². The summed E-state index contributed by atoms with van der Waals surface area (Å²) in [5, 5.41) is 0. The minimum absolute atomic E-state index is 0.548. The van der Waals surface area contributed by atoms with Gasteiger partial charge in [0.15, 0.2) is 0 Å². The van der Waals surface area contributed by atoms with Crippen molar-refractivity contribution >= 4 is 13.7 Å². The summed E-state index contributed by atoms with van der Waals surface area (Å²) in [4.78, 5) is 0. The molecule has 0 saturated heterocycles. The van der Waals surface area contributed by atoms with Crippen molar-refractivity contribution in [3.8, 4) is 0 Å². The summed E-state index contributed by atoms with van der Waals surface area (Å²) in [6.07, 6.45) is 4.67. The second-order valence-electron chi connectivity index (χ2n) is 4.83. The molecule has 0 spiro atoms. The van der Waals surface area contributed by atoms with Gasteiger partial charge in [0, 0.05) is 0 Å². The molecular weight excluding hydrogens is 387 g/mol.